The van der Waals surface area contributed by atoms with Gasteiger partial charge >= 0.3 is 0 Å². The third-order valence-corrected chi connectivity index (χ3v) is 4.50. The van der Waals surface area contributed by atoms with Crippen molar-refractivity contribution in [1.82, 2.24) is 10.2 Å². The Bertz CT molecular complexity index is 483. The molecule has 1 amide bonds. The zero-order valence-corrected chi connectivity index (χ0v) is 12.8. The molecule has 0 aliphatic carbocycles. The second kappa shape index (κ2) is 6.16. The number of rotatable bonds is 3. The van der Waals surface area contributed by atoms with Crippen molar-refractivity contribution in [2.75, 3.05) is 13.2 Å². The first-order valence-corrected chi connectivity index (χ1v) is 7.89. The van der Waals surface area contributed by atoms with Gasteiger partial charge in [0.2, 0.25) is 5.91 Å². The average molecular weight is 288 g/mol. The van der Waals surface area contributed by atoms with Gasteiger partial charge in [-0.15, -0.1) is 0 Å². The van der Waals surface area contributed by atoms with Crippen LogP contribution in [0.15, 0.2) is 30.3 Å². The van der Waals surface area contributed by atoms with E-state index in [1.165, 1.54) is 5.56 Å². The van der Waals surface area contributed by atoms with Crippen molar-refractivity contribution in [3.63, 3.8) is 0 Å². The van der Waals surface area contributed by atoms with Crippen LogP contribution < -0.4 is 5.32 Å². The minimum Gasteiger partial charge on any atom is -0.381 e. The third kappa shape index (κ3) is 2.83. The third-order valence-electron chi connectivity index (χ3n) is 4.50. The van der Waals surface area contributed by atoms with Crippen LogP contribution in [-0.2, 0) is 9.53 Å². The first kappa shape index (κ1) is 14.5. The summed E-state index contributed by atoms with van der Waals surface area (Å²) in [4.78, 5) is 14.9. The van der Waals surface area contributed by atoms with Crippen molar-refractivity contribution in [1.29, 1.82) is 0 Å². The predicted octanol–water partition coefficient (Wildman–Crippen LogP) is 2.32. The zero-order chi connectivity index (χ0) is 14.8. The Kier molecular flexibility index (Phi) is 4.27. The average Bonchev–Trinajstić information content (AvgIpc) is 2.87. The second-order valence-electron chi connectivity index (χ2n) is 6.29. The summed E-state index contributed by atoms with van der Waals surface area (Å²) in [6.07, 6.45) is 1.86. The molecule has 3 rings (SSSR count). The molecular formula is C17H24N2O2. The van der Waals surface area contributed by atoms with E-state index in [0.29, 0.717) is 5.92 Å². The zero-order valence-electron chi connectivity index (χ0n) is 12.8. The molecule has 1 aromatic carbocycles. The largest absolute Gasteiger partial charge is 0.381 e. The Labute approximate surface area is 126 Å². The Hall–Kier alpha value is -1.39. The van der Waals surface area contributed by atoms with Crippen LogP contribution in [0.2, 0.25) is 0 Å². The van der Waals surface area contributed by atoms with E-state index in [1.807, 2.05) is 18.2 Å². The number of nitrogens with zero attached hydrogens (tertiary/aromatic N) is 1. The van der Waals surface area contributed by atoms with Gasteiger partial charge in [-0.2, -0.15) is 0 Å². The summed E-state index contributed by atoms with van der Waals surface area (Å²) in [5, 5.41) is 3.54. The number of benzene rings is 1. The molecule has 0 aromatic heterocycles. The molecule has 0 radical (unpaired) electrons. The number of carbonyl (C=O) groups excluding carboxylic acids is 1. The summed E-state index contributed by atoms with van der Waals surface area (Å²) in [5.74, 6) is 0.541. The Balaban J connectivity index is 1.89. The summed E-state index contributed by atoms with van der Waals surface area (Å²) < 4.78 is 5.45. The number of amides is 1. The predicted molar refractivity (Wildman–Crippen MR) is 81.6 cm³/mol. The van der Waals surface area contributed by atoms with Gasteiger partial charge in [-0.1, -0.05) is 44.2 Å². The molecule has 2 aliphatic rings. The molecular weight excluding hydrogens is 264 g/mol. The summed E-state index contributed by atoms with van der Waals surface area (Å²) in [5.41, 5.74) is 1.17. The molecule has 2 unspecified atom stereocenters. The fourth-order valence-corrected chi connectivity index (χ4v) is 3.33. The number of carbonyl (C=O) groups is 1. The number of hydrogen-bond donors (Lipinski definition) is 1. The first-order chi connectivity index (χ1) is 10.2. The molecule has 4 nitrogen and oxygen atoms in total. The van der Waals surface area contributed by atoms with Gasteiger partial charge in [-0.3, -0.25) is 10.1 Å². The number of hydrogen-bond acceptors (Lipinski definition) is 3. The standard InChI is InChI=1S/C17H24N2O2/c1-12(2)15-17(20)19(14-8-10-21-11-9-14)16(18-15)13-6-4-3-5-7-13/h3-7,12,14-16,18H,8-11H2,1-2H3. The molecule has 2 atom stereocenters. The minimum atomic E-state index is -0.0851. The maximum absolute atomic E-state index is 12.9. The van der Waals surface area contributed by atoms with Gasteiger partial charge in [0.1, 0.15) is 6.17 Å². The Morgan fingerprint density at radius 3 is 2.48 bits per heavy atom. The highest BCUT2D eigenvalue weighted by Gasteiger charge is 2.44. The van der Waals surface area contributed by atoms with E-state index in [4.69, 9.17) is 4.74 Å². The summed E-state index contributed by atoms with van der Waals surface area (Å²) in [6, 6.07) is 10.5. The topological polar surface area (TPSA) is 41.6 Å². The second-order valence-corrected chi connectivity index (χ2v) is 6.29. The van der Waals surface area contributed by atoms with Gasteiger partial charge in [0, 0.05) is 19.3 Å². The van der Waals surface area contributed by atoms with Crippen molar-refractivity contribution in [3.05, 3.63) is 35.9 Å². The van der Waals surface area contributed by atoms with Crippen molar-refractivity contribution < 1.29 is 9.53 Å². The lowest BCUT2D eigenvalue weighted by Crippen LogP contribution is -2.43. The SMILES string of the molecule is CC(C)C1NC(c2ccccc2)N(C2CCOCC2)C1=O. The Morgan fingerprint density at radius 2 is 1.86 bits per heavy atom. The van der Waals surface area contributed by atoms with E-state index in [2.05, 4.69) is 36.2 Å². The molecule has 4 heteroatoms. The van der Waals surface area contributed by atoms with Crippen LogP contribution in [-0.4, -0.2) is 36.1 Å². The van der Waals surface area contributed by atoms with Gasteiger partial charge in [0.25, 0.3) is 0 Å². The molecule has 2 fully saturated rings. The van der Waals surface area contributed by atoms with Gasteiger partial charge in [0.15, 0.2) is 0 Å². The summed E-state index contributed by atoms with van der Waals surface area (Å²) >= 11 is 0. The van der Waals surface area contributed by atoms with Gasteiger partial charge in [-0.05, 0) is 24.3 Å². The van der Waals surface area contributed by atoms with Crippen molar-refractivity contribution >= 4 is 5.91 Å². The fourth-order valence-electron chi connectivity index (χ4n) is 3.33. The van der Waals surface area contributed by atoms with Gasteiger partial charge in [-0.25, -0.2) is 0 Å². The highest BCUT2D eigenvalue weighted by molar-refractivity contribution is 5.85. The lowest BCUT2D eigenvalue weighted by atomic mass is 10.0. The van der Waals surface area contributed by atoms with Crippen LogP contribution >= 0.6 is 0 Å². The summed E-state index contributed by atoms with van der Waals surface area (Å²) in [7, 11) is 0. The fraction of sp³-hybridized carbons (Fsp3) is 0.588. The minimum absolute atomic E-state index is 0.00537. The van der Waals surface area contributed by atoms with Crippen molar-refractivity contribution in [2.24, 2.45) is 5.92 Å². The van der Waals surface area contributed by atoms with Crippen LogP contribution in [0.25, 0.3) is 0 Å². The van der Waals surface area contributed by atoms with E-state index >= 15 is 0 Å². The molecule has 0 saturated carbocycles. The smallest absolute Gasteiger partial charge is 0.241 e. The number of nitrogens with one attached hydrogen (secondary N) is 1. The normalized spacial score (nSPS) is 27.6. The lowest BCUT2D eigenvalue weighted by Gasteiger charge is -2.35. The van der Waals surface area contributed by atoms with Crippen LogP contribution in [0.1, 0.15) is 38.4 Å². The van der Waals surface area contributed by atoms with E-state index in [0.717, 1.165) is 26.1 Å². The monoisotopic (exact) mass is 288 g/mol. The Morgan fingerprint density at radius 1 is 1.19 bits per heavy atom. The van der Waals surface area contributed by atoms with Crippen LogP contribution in [0, 0.1) is 5.92 Å². The van der Waals surface area contributed by atoms with E-state index in [1.54, 1.807) is 0 Å². The molecule has 21 heavy (non-hydrogen) atoms. The quantitative estimate of drug-likeness (QED) is 0.928. The van der Waals surface area contributed by atoms with Crippen molar-refractivity contribution in [2.45, 2.75) is 44.9 Å². The van der Waals surface area contributed by atoms with Crippen LogP contribution in [0.4, 0.5) is 0 Å². The van der Waals surface area contributed by atoms with Crippen LogP contribution in [0.5, 0.6) is 0 Å². The molecule has 2 heterocycles. The molecule has 2 aliphatic heterocycles. The van der Waals surface area contributed by atoms with E-state index < -0.39 is 0 Å². The number of ether oxygens (including phenoxy) is 1. The van der Waals surface area contributed by atoms with Gasteiger partial charge in [0.05, 0.1) is 6.04 Å². The molecule has 1 aromatic rings. The van der Waals surface area contributed by atoms with Gasteiger partial charge < -0.3 is 9.64 Å². The highest BCUT2D eigenvalue weighted by atomic mass is 16.5. The van der Waals surface area contributed by atoms with Crippen molar-refractivity contribution in [3.8, 4) is 0 Å². The highest BCUT2D eigenvalue weighted by Crippen LogP contribution is 2.32. The van der Waals surface area contributed by atoms with E-state index in [-0.39, 0.29) is 24.2 Å². The maximum atomic E-state index is 12.9. The summed E-state index contributed by atoms with van der Waals surface area (Å²) in [6.45, 7) is 5.71. The first-order valence-electron chi connectivity index (χ1n) is 7.89. The van der Waals surface area contributed by atoms with Crippen LogP contribution in [0.3, 0.4) is 0 Å². The lowest BCUT2D eigenvalue weighted by molar-refractivity contribution is -0.134. The molecule has 1 N–H and O–H groups in total. The molecule has 0 spiro atoms. The maximum Gasteiger partial charge on any atom is 0.241 e. The molecule has 114 valence electrons. The molecule has 0 bridgehead atoms. The van der Waals surface area contributed by atoms with E-state index in [9.17, 15) is 4.79 Å². The molecule has 2 saturated heterocycles.